The average Bonchev–Trinajstić information content (AvgIpc) is 2.92. The van der Waals surface area contributed by atoms with Gasteiger partial charge in [0.05, 0.1) is 23.0 Å². The summed E-state index contributed by atoms with van der Waals surface area (Å²) in [6.45, 7) is 3.14. The fourth-order valence-electron chi connectivity index (χ4n) is 2.39. The van der Waals surface area contributed by atoms with Gasteiger partial charge in [-0.2, -0.15) is 0 Å². The molecule has 2 aromatic rings. The molecule has 1 aliphatic rings. The molecule has 0 aromatic heterocycles. The van der Waals surface area contributed by atoms with Gasteiger partial charge < -0.3 is 5.32 Å². The lowest BCUT2D eigenvalue weighted by atomic mass is 10.1. The lowest BCUT2D eigenvalue weighted by molar-refractivity contribution is -0.114. The Hall–Kier alpha value is -1.82. The molecule has 4 nitrogen and oxygen atoms in total. The monoisotopic (exact) mass is 328 g/mol. The highest BCUT2D eigenvalue weighted by Gasteiger charge is 2.24. The van der Waals surface area contributed by atoms with Crippen molar-refractivity contribution in [2.24, 2.45) is 0 Å². The molecule has 0 fully saturated rings. The molecule has 3 rings (SSSR count). The number of Topliss-reactive ketones (excluding diaryl/α,β-unsaturated/α-hetero) is 1. The second-order valence-corrected chi connectivity index (χ2v) is 6.38. The van der Waals surface area contributed by atoms with Crippen LogP contribution >= 0.6 is 11.8 Å². The number of fused-ring (bicyclic) bond motifs is 1. The summed E-state index contributed by atoms with van der Waals surface area (Å²) in [4.78, 5) is 17.4. The SMILES string of the molecule is CCCNOCC1=C(Nc2ccc3ccccc3c2)SCC1=O. The standard InChI is InChI=1S/C18H20N2O2S/c1-2-9-19-22-11-16-17(21)12-23-18(16)20-15-8-7-13-5-3-4-6-14(13)10-15/h3-8,10,19-20H,2,9,11-12H2,1H3. The molecular weight excluding hydrogens is 308 g/mol. The van der Waals surface area contributed by atoms with Gasteiger partial charge in [0.15, 0.2) is 5.78 Å². The fourth-order valence-corrected chi connectivity index (χ4v) is 3.38. The lowest BCUT2D eigenvalue weighted by Crippen LogP contribution is -2.19. The number of hydrogen-bond acceptors (Lipinski definition) is 5. The third-order valence-electron chi connectivity index (χ3n) is 3.64. The topological polar surface area (TPSA) is 50.4 Å². The summed E-state index contributed by atoms with van der Waals surface area (Å²) in [7, 11) is 0. The Labute approximate surface area is 140 Å². The Balaban J connectivity index is 1.75. The van der Waals surface area contributed by atoms with Crippen molar-refractivity contribution in [1.82, 2.24) is 5.48 Å². The third kappa shape index (κ3) is 3.93. The number of anilines is 1. The number of nitrogens with one attached hydrogen (secondary N) is 2. The largest absolute Gasteiger partial charge is 0.350 e. The number of hydrogen-bond donors (Lipinski definition) is 2. The third-order valence-corrected chi connectivity index (χ3v) is 4.68. The summed E-state index contributed by atoms with van der Waals surface area (Å²) in [5, 5.41) is 6.64. The van der Waals surface area contributed by atoms with E-state index in [9.17, 15) is 4.79 Å². The molecule has 0 aliphatic carbocycles. The van der Waals surface area contributed by atoms with E-state index in [0.29, 0.717) is 17.9 Å². The predicted molar refractivity (Wildman–Crippen MR) is 96.3 cm³/mol. The molecule has 120 valence electrons. The maximum Gasteiger partial charge on any atom is 0.174 e. The molecular formula is C18H20N2O2S. The molecule has 0 amide bonds. The Bertz CT molecular complexity index is 743. The summed E-state index contributed by atoms with van der Waals surface area (Å²) < 4.78 is 0. The Kier molecular flexibility index (Phi) is 5.33. The van der Waals surface area contributed by atoms with Gasteiger partial charge in [-0.3, -0.25) is 9.63 Å². The number of rotatable bonds is 7. The lowest BCUT2D eigenvalue weighted by Gasteiger charge is -2.10. The summed E-state index contributed by atoms with van der Waals surface area (Å²) >= 11 is 1.53. The van der Waals surface area contributed by atoms with Crippen LogP contribution in [0, 0.1) is 0 Å². The van der Waals surface area contributed by atoms with Crippen LogP contribution in [0.25, 0.3) is 10.8 Å². The molecule has 5 heteroatoms. The number of hydroxylamine groups is 1. The van der Waals surface area contributed by atoms with Crippen molar-refractivity contribution in [3.05, 3.63) is 53.1 Å². The van der Waals surface area contributed by atoms with Crippen molar-refractivity contribution in [2.45, 2.75) is 13.3 Å². The van der Waals surface area contributed by atoms with E-state index >= 15 is 0 Å². The van der Waals surface area contributed by atoms with Gasteiger partial charge in [-0.05, 0) is 29.3 Å². The van der Waals surface area contributed by atoms with Crippen LogP contribution in [0.5, 0.6) is 0 Å². The zero-order chi connectivity index (χ0) is 16.1. The molecule has 0 radical (unpaired) electrons. The highest BCUT2D eigenvalue weighted by atomic mass is 32.2. The van der Waals surface area contributed by atoms with Gasteiger partial charge in [-0.15, -0.1) is 0 Å². The first kappa shape index (κ1) is 16.1. The number of carbonyl (C=O) groups is 1. The predicted octanol–water partition coefficient (Wildman–Crippen LogP) is 3.71. The summed E-state index contributed by atoms with van der Waals surface area (Å²) in [5.41, 5.74) is 4.57. The summed E-state index contributed by atoms with van der Waals surface area (Å²) in [6.07, 6.45) is 0.990. The van der Waals surface area contributed by atoms with Crippen molar-refractivity contribution < 1.29 is 9.63 Å². The van der Waals surface area contributed by atoms with Crippen molar-refractivity contribution >= 4 is 34.0 Å². The molecule has 2 N–H and O–H groups in total. The van der Waals surface area contributed by atoms with E-state index in [4.69, 9.17) is 4.84 Å². The second kappa shape index (κ2) is 7.64. The Morgan fingerprint density at radius 2 is 2.00 bits per heavy atom. The molecule has 0 atom stereocenters. The highest BCUT2D eigenvalue weighted by Crippen LogP contribution is 2.31. The minimum absolute atomic E-state index is 0.136. The van der Waals surface area contributed by atoms with E-state index in [2.05, 4.69) is 42.0 Å². The van der Waals surface area contributed by atoms with Gasteiger partial charge in [0.2, 0.25) is 0 Å². The Morgan fingerprint density at radius 3 is 2.83 bits per heavy atom. The van der Waals surface area contributed by atoms with Gasteiger partial charge in [0.1, 0.15) is 0 Å². The minimum atomic E-state index is 0.136. The fraction of sp³-hybridized carbons (Fsp3) is 0.278. The van der Waals surface area contributed by atoms with Gasteiger partial charge in [0, 0.05) is 12.2 Å². The maximum absolute atomic E-state index is 12.0. The van der Waals surface area contributed by atoms with Crippen molar-refractivity contribution in [3.63, 3.8) is 0 Å². The average molecular weight is 328 g/mol. The highest BCUT2D eigenvalue weighted by molar-refractivity contribution is 8.04. The van der Waals surface area contributed by atoms with Crippen LogP contribution in [0.1, 0.15) is 13.3 Å². The zero-order valence-electron chi connectivity index (χ0n) is 13.1. The van der Waals surface area contributed by atoms with Crippen LogP contribution < -0.4 is 10.8 Å². The van der Waals surface area contributed by atoms with E-state index in [0.717, 1.165) is 23.7 Å². The molecule has 23 heavy (non-hydrogen) atoms. The minimum Gasteiger partial charge on any atom is -0.350 e. The molecule has 0 spiro atoms. The second-order valence-electron chi connectivity index (χ2n) is 5.39. The van der Waals surface area contributed by atoms with E-state index in [1.807, 2.05) is 18.2 Å². The van der Waals surface area contributed by atoms with Crippen LogP contribution in [-0.2, 0) is 9.63 Å². The quantitative estimate of drug-likeness (QED) is 0.599. The normalized spacial score (nSPS) is 14.7. The zero-order valence-corrected chi connectivity index (χ0v) is 13.9. The van der Waals surface area contributed by atoms with Crippen molar-refractivity contribution in [2.75, 3.05) is 24.2 Å². The van der Waals surface area contributed by atoms with E-state index < -0.39 is 0 Å². The smallest absolute Gasteiger partial charge is 0.174 e. The number of ketones is 1. The van der Waals surface area contributed by atoms with E-state index in [1.165, 1.54) is 22.5 Å². The number of benzene rings is 2. The first-order valence-corrected chi connectivity index (χ1v) is 8.76. The first-order valence-electron chi connectivity index (χ1n) is 7.77. The summed E-state index contributed by atoms with van der Waals surface area (Å²) in [6, 6.07) is 14.4. The van der Waals surface area contributed by atoms with Crippen LogP contribution in [-0.4, -0.2) is 24.7 Å². The van der Waals surface area contributed by atoms with Crippen LogP contribution in [0.3, 0.4) is 0 Å². The molecule has 1 heterocycles. The van der Waals surface area contributed by atoms with Crippen molar-refractivity contribution in [1.29, 1.82) is 0 Å². The first-order chi connectivity index (χ1) is 11.3. The van der Waals surface area contributed by atoms with Crippen molar-refractivity contribution in [3.8, 4) is 0 Å². The summed E-state index contributed by atoms with van der Waals surface area (Å²) in [5.74, 6) is 0.610. The van der Waals surface area contributed by atoms with E-state index in [-0.39, 0.29) is 5.78 Å². The Morgan fingerprint density at radius 1 is 1.17 bits per heavy atom. The molecule has 2 aromatic carbocycles. The molecule has 0 saturated carbocycles. The molecule has 1 aliphatic heterocycles. The van der Waals surface area contributed by atoms with Crippen LogP contribution in [0.15, 0.2) is 53.1 Å². The maximum atomic E-state index is 12.0. The molecule has 0 saturated heterocycles. The number of carbonyl (C=O) groups excluding carboxylic acids is 1. The van der Waals surface area contributed by atoms with Crippen LogP contribution in [0.4, 0.5) is 5.69 Å². The van der Waals surface area contributed by atoms with E-state index in [1.54, 1.807) is 0 Å². The van der Waals surface area contributed by atoms with Gasteiger partial charge >= 0.3 is 0 Å². The molecule has 0 unspecified atom stereocenters. The molecule has 0 bridgehead atoms. The number of thioether (sulfide) groups is 1. The van der Waals surface area contributed by atoms with Gasteiger partial charge in [-0.25, -0.2) is 5.48 Å². The van der Waals surface area contributed by atoms with Crippen LogP contribution in [0.2, 0.25) is 0 Å². The van der Waals surface area contributed by atoms with Gasteiger partial charge in [0.25, 0.3) is 0 Å². The van der Waals surface area contributed by atoms with Gasteiger partial charge in [-0.1, -0.05) is 49.0 Å².